The van der Waals surface area contributed by atoms with Crippen LogP contribution in [-0.2, 0) is 6.54 Å². The van der Waals surface area contributed by atoms with E-state index in [1.165, 1.54) is 25.3 Å². The fourth-order valence-corrected chi connectivity index (χ4v) is 2.21. The largest absolute Gasteiger partial charge is 0.295 e. The maximum Gasteiger partial charge on any atom is 0.269 e. The summed E-state index contributed by atoms with van der Waals surface area (Å²) in [6.45, 7) is 8.54. The Labute approximate surface area is 121 Å². The predicted octanol–water partition coefficient (Wildman–Crippen LogP) is 4.16. The zero-order valence-corrected chi connectivity index (χ0v) is 12.3. The summed E-state index contributed by atoms with van der Waals surface area (Å²) >= 11 is 0. The third-order valence-electron chi connectivity index (χ3n) is 3.24. The Balaban J connectivity index is 2.57. The first-order valence-corrected chi connectivity index (χ1v) is 7.24. The van der Waals surface area contributed by atoms with E-state index in [-0.39, 0.29) is 10.6 Å². The molecule has 0 saturated carbocycles. The summed E-state index contributed by atoms with van der Waals surface area (Å²) < 4.78 is 0. The molecule has 0 amide bonds. The van der Waals surface area contributed by atoms with Crippen molar-refractivity contribution >= 4 is 5.69 Å². The van der Waals surface area contributed by atoms with Crippen LogP contribution in [0.5, 0.6) is 0 Å². The van der Waals surface area contributed by atoms with Crippen LogP contribution in [-0.4, -0.2) is 22.9 Å². The summed E-state index contributed by atoms with van der Waals surface area (Å²) in [7, 11) is 0. The molecule has 1 aromatic carbocycles. The Hall–Kier alpha value is -1.68. The molecule has 1 aromatic rings. The molecule has 20 heavy (non-hydrogen) atoms. The second-order valence-electron chi connectivity index (χ2n) is 5.01. The molecule has 0 spiro atoms. The van der Waals surface area contributed by atoms with Gasteiger partial charge in [-0.15, -0.1) is 6.58 Å². The van der Waals surface area contributed by atoms with Crippen molar-refractivity contribution in [3.05, 3.63) is 52.6 Å². The molecule has 1 rings (SSSR count). The quantitative estimate of drug-likeness (QED) is 0.279. The molecule has 0 unspecified atom stereocenters. The minimum Gasteiger partial charge on any atom is -0.295 e. The number of nitro groups is 1. The van der Waals surface area contributed by atoms with E-state index in [2.05, 4.69) is 18.4 Å². The molecule has 0 aromatic heterocycles. The van der Waals surface area contributed by atoms with Gasteiger partial charge in [-0.3, -0.25) is 15.0 Å². The summed E-state index contributed by atoms with van der Waals surface area (Å²) in [4.78, 5) is 12.7. The molecule has 0 aliphatic rings. The van der Waals surface area contributed by atoms with Gasteiger partial charge in [0.25, 0.3) is 5.69 Å². The molecule has 0 aliphatic carbocycles. The van der Waals surface area contributed by atoms with Gasteiger partial charge >= 0.3 is 0 Å². The topological polar surface area (TPSA) is 46.4 Å². The fourth-order valence-electron chi connectivity index (χ4n) is 2.21. The lowest BCUT2D eigenvalue weighted by Crippen LogP contribution is -2.24. The van der Waals surface area contributed by atoms with Crippen LogP contribution in [0.4, 0.5) is 5.69 Å². The van der Waals surface area contributed by atoms with Crippen molar-refractivity contribution in [2.45, 2.75) is 39.2 Å². The van der Waals surface area contributed by atoms with E-state index in [0.29, 0.717) is 0 Å². The molecule has 0 N–H and O–H groups in total. The van der Waals surface area contributed by atoms with Crippen LogP contribution in [0.15, 0.2) is 36.9 Å². The van der Waals surface area contributed by atoms with Crippen molar-refractivity contribution in [2.24, 2.45) is 0 Å². The molecule has 0 radical (unpaired) electrons. The van der Waals surface area contributed by atoms with Gasteiger partial charge in [0.1, 0.15) is 0 Å². The van der Waals surface area contributed by atoms with Crippen LogP contribution in [0.1, 0.15) is 38.2 Å². The number of benzene rings is 1. The molecule has 4 heteroatoms. The summed E-state index contributed by atoms with van der Waals surface area (Å²) in [6.07, 6.45) is 6.78. The number of nitro benzene ring substituents is 1. The van der Waals surface area contributed by atoms with Crippen molar-refractivity contribution in [2.75, 3.05) is 13.1 Å². The van der Waals surface area contributed by atoms with Crippen LogP contribution in [0.25, 0.3) is 0 Å². The van der Waals surface area contributed by atoms with Gasteiger partial charge in [0.15, 0.2) is 0 Å². The number of rotatable bonds is 10. The van der Waals surface area contributed by atoms with Crippen molar-refractivity contribution in [3.8, 4) is 0 Å². The van der Waals surface area contributed by atoms with Crippen molar-refractivity contribution in [1.82, 2.24) is 4.90 Å². The number of hydrogen-bond acceptors (Lipinski definition) is 3. The zero-order valence-electron chi connectivity index (χ0n) is 12.3. The van der Waals surface area contributed by atoms with Crippen molar-refractivity contribution in [3.63, 3.8) is 0 Å². The molecule has 0 aliphatic heterocycles. The normalized spacial score (nSPS) is 10.7. The average Bonchev–Trinajstić information content (AvgIpc) is 2.44. The van der Waals surface area contributed by atoms with E-state index in [1.807, 2.05) is 12.1 Å². The number of unbranched alkanes of at least 4 members (excludes halogenated alkanes) is 3. The van der Waals surface area contributed by atoms with Crippen molar-refractivity contribution in [1.29, 1.82) is 0 Å². The van der Waals surface area contributed by atoms with Gasteiger partial charge in [-0.2, -0.15) is 0 Å². The SMILES string of the molecule is C=CCN(CCCCCC)Cc1cccc([N+](=O)[O-])c1. The molecule has 0 saturated heterocycles. The summed E-state index contributed by atoms with van der Waals surface area (Å²) in [5, 5.41) is 10.8. The molecule has 0 bridgehead atoms. The lowest BCUT2D eigenvalue weighted by molar-refractivity contribution is -0.384. The highest BCUT2D eigenvalue weighted by Crippen LogP contribution is 2.15. The fraction of sp³-hybridized carbons (Fsp3) is 0.500. The summed E-state index contributed by atoms with van der Waals surface area (Å²) in [6, 6.07) is 6.87. The first-order valence-electron chi connectivity index (χ1n) is 7.24. The highest BCUT2D eigenvalue weighted by Gasteiger charge is 2.09. The van der Waals surface area contributed by atoms with E-state index in [1.54, 1.807) is 12.1 Å². The van der Waals surface area contributed by atoms with Gasteiger partial charge in [0.05, 0.1) is 4.92 Å². The maximum atomic E-state index is 10.8. The first-order chi connectivity index (χ1) is 9.67. The minimum atomic E-state index is -0.345. The van der Waals surface area contributed by atoms with Gasteiger partial charge in [-0.25, -0.2) is 0 Å². The van der Waals surface area contributed by atoms with E-state index in [0.717, 1.165) is 31.6 Å². The Kier molecular flexibility index (Phi) is 7.58. The van der Waals surface area contributed by atoms with Gasteiger partial charge in [-0.05, 0) is 18.5 Å². The number of non-ortho nitro benzene ring substituents is 1. The third kappa shape index (κ3) is 5.97. The zero-order chi connectivity index (χ0) is 14.8. The second kappa shape index (κ2) is 9.26. The Morgan fingerprint density at radius 3 is 2.80 bits per heavy atom. The molecule has 110 valence electrons. The standard InChI is InChI=1S/C16H24N2O2/c1-3-5-6-7-12-17(11-4-2)14-15-9-8-10-16(13-15)18(19)20/h4,8-10,13H,2-3,5-7,11-12,14H2,1H3. The van der Waals surface area contributed by atoms with Gasteiger partial charge < -0.3 is 0 Å². The van der Waals surface area contributed by atoms with Crippen LogP contribution in [0, 0.1) is 10.1 Å². The predicted molar refractivity (Wildman–Crippen MR) is 82.7 cm³/mol. The smallest absolute Gasteiger partial charge is 0.269 e. The third-order valence-corrected chi connectivity index (χ3v) is 3.24. The van der Waals surface area contributed by atoms with E-state index in [9.17, 15) is 10.1 Å². The molecule has 0 fully saturated rings. The Morgan fingerprint density at radius 2 is 2.15 bits per heavy atom. The monoisotopic (exact) mass is 276 g/mol. The summed E-state index contributed by atoms with van der Waals surface area (Å²) in [5.74, 6) is 0. The average molecular weight is 276 g/mol. The second-order valence-corrected chi connectivity index (χ2v) is 5.01. The molecule has 4 nitrogen and oxygen atoms in total. The molecule has 0 heterocycles. The highest BCUT2D eigenvalue weighted by molar-refractivity contribution is 5.34. The van der Waals surface area contributed by atoms with Gasteiger partial charge in [0.2, 0.25) is 0 Å². The van der Waals surface area contributed by atoms with Gasteiger partial charge in [-0.1, -0.05) is 44.4 Å². The molecular formula is C16H24N2O2. The van der Waals surface area contributed by atoms with Crippen molar-refractivity contribution < 1.29 is 4.92 Å². The maximum absolute atomic E-state index is 10.8. The summed E-state index contributed by atoms with van der Waals surface area (Å²) in [5.41, 5.74) is 1.14. The van der Waals surface area contributed by atoms with Crippen LogP contribution in [0.2, 0.25) is 0 Å². The van der Waals surface area contributed by atoms with E-state index in [4.69, 9.17) is 0 Å². The van der Waals surface area contributed by atoms with Crippen LogP contribution in [0.3, 0.4) is 0 Å². The Morgan fingerprint density at radius 1 is 1.35 bits per heavy atom. The minimum absolute atomic E-state index is 0.159. The van der Waals surface area contributed by atoms with Gasteiger partial charge in [0, 0.05) is 25.2 Å². The highest BCUT2D eigenvalue weighted by atomic mass is 16.6. The van der Waals surface area contributed by atoms with Crippen LogP contribution < -0.4 is 0 Å². The van der Waals surface area contributed by atoms with E-state index >= 15 is 0 Å². The number of hydrogen-bond donors (Lipinski definition) is 0. The molecular weight excluding hydrogens is 252 g/mol. The van der Waals surface area contributed by atoms with Crippen LogP contribution >= 0.6 is 0 Å². The lowest BCUT2D eigenvalue weighted by atomic mass is 10.1. The number of nitrogens with zero attached hydrogens (tertiary/aromatic N) is 2. The Bertz CT molecular complexity index is 432. The lowest BCUT2D eigenvalue weighted by Gasteiger charge is -2.20. The molecule has 0 atom stereocenters. The van der Waals surface area contributed by atoms with E-state index < -0.39 is 0 Å². The first kappa shape index (κ1) is 16.4.